The first-order valence-corrected chi connectivity index (χ1v) is 8.15. The number of imidazole rings is 1. The lowest BCUT2D eigenvalue weighted by Gasteiger charge is -2.02. The Kier molecular flexibility index (Phi) is 3.69. The number of aromatic amines is 3. The number of rotatable bonds is 3. The molecule has 1 amide bonds. The lowest BCUT2D eigenvalue weighted by molar-refractivity contribution is 0.102. The average molecular weight is 347 g/mol. The molecule has 4 aromatic rings. The van der Waals surface area contributed by atoms with Gasteiger partial charge in [0.05, 0.1) is 16.7 Å². The van der Waals surface area contributed by atoms with Gasteiger partial charge in [-0.3, -0.25) is 9.89 Å². The number of H-pyrrole nitrogens is 3. The zero-order valence-corrected chi connectivity index (χ0v) is 14.3. The van der Waals surface area contributed by atoms with Crippen molar-refractivity contribution in [3.63, 3.8) is 0 Å². The first kappa shape index (κ1) is 15.9. The zero-order chi connectivity index (χ0) is 18.3. The Morgan fingerprint density at radius 2 is 1.69 bits per heavy atom. The van der Waals surface area contributed by atoms with Crippen LogP contribution in [0.25, 0.3) is 22.3 Å². The van der Waals surface area contributed by atoms with Crippen LogP contribution in [0.1, 0.15) is 21.5 Å². The molecule has 0 unspecified atom stereocenters. The molecular weight excluding hydrogens is 330 g/mol. The van der Waals surface area contributed by atoms with Gasteiger partial charge in [0.2, 0.25) is 0 Å². The van der Waals surface area contributed by atoms with Gasteiger partial charge in [0.15, 0.2) is 5.82 Å². The maximum Gasteiger partial charge on any atom is 0.323 e. The normalized spacial score (nSPS) is 11.0. The first-order chi connectivity index (χ1) is 12.5. The summed E-state index contributed by atoms with van der Waals surface area (Å²) in [6.45, 7) is 4.08. The molecule has 0 saturated heterocycles. The van der Waals surface area contributed by atoms with E-state index in [2.05, 4.69) is 43.7 Å². The van der Waals surface area contributed by atoms with Gasteiger partial charge < -0.3 is 15.3 Å². The number of hydrogen-bond acceptors (Lipinski definition) is 3. The summed E-state index contributed by atoms with van der Waals surface area (Å²) in [6.07, 6.45) is 0. The third kappa shape index (κ3) is 3.02. The highest BCUT2D eigenvalue weighted by Crippen LogP contribution is 2.23. The van der Waals surface area contributed by atoms with Crippen LogP contribution in [0.3, 0.4) is 0 Å². The summed E-state index contributed by atoms with van der Waals surface area (Å²) in [5, 5.41) is 9.88. The van der Waals surface area contributed by atoms with Gasteiger partial charge in [0.1, 0.15) is 0 Å². The van der Waals surface area contributed by atoms with Gasteiger partial charge >= 0.3 is 5.69 Å². The highest BCUT2D eigenvalue weighted by atomic mass is 16.2. The molecule has 0 aliphatic carbocycles. The number of benzene rings is 2. The smallest absolute Gasteiger partial charge is 0.306 e. The molecule has 0 aliphatic heterocycles. The van der Waals surface area contributed by atoms with Gasteiger partial charge in [0, 0.05) is 17.2 Å². The van der Waals surface area contributed by atoms with Gasteiger partial charge in [-0.15, -0.1) is 0 Å². The van der Waals surface area contributed by atoms with Crippen LogP contribution < -0.4 is 11.0 Å². The van der Waals surface area contributed by atoms with Crippen molar-refractivity contribution >= 4 is 22.8 Å². The molecule has 0 radical (unpaired) electrons. The minimum absolute atomic E-state index is 0.299. The Morgan fingerprint density at radius 3 is 2.46 bits per heavy atom. The van der Waals surface area contributed by atoms with Gasteiger partial charge in [-0.2, -0.15) is 5.10 Å². The Hall–Kier alpha value is -3.61. The Labute approximate surface area is 148 Å². The summed E-state index contributed by atoms with van der Waals surface area (Å²) in [5.41, 5.74) is 5.54. The number of aryl methyl sites for hydroxylation is 2. The summed E-state index contributed by atoms with van der Waals surface area (Å²) >= 11 is 0. The molecular formula is C19H17N5O2. The summed E-state index contributed by atoms with van der Waals surface area (Å²) in [6, 6.07) is 13.0. The predicted octanol–water partition coefficient (Wildman–Crippen LogP) is 3.12. The van der Waals surface area contributed by atoms with E-state index in [0.717, 1.165) is 22.4 Å². The van der Waals surface area contributed by atoms with E-state index in [1.165, 1.54) is 0 Å². The van der Waals surface area contributed by atoms with Crippen LogP contribution in [-0.4, -0.2) is 26.1 Å². The summed E-state index contributed by atoms with van der Waals surface area (Å²) in [7, 11) is 0. The Morgan fingerprint density at radius 1 is 0.962 bits per heavy atom. The zero-order valence-electron chi connectivity index (χ0n) is 14.3. The van der Waals surface area contributed by atoms with Crippen LogP contribution >= 0.6 is 0 Å². The molecule has 2 aromatic carbocycles. The number of anilines is 1. The minimum Gasteiger partial charge on any atom is -0.306 e. The molecule has 0 fully saturated rings. The summed E-state index contributed by atoms with van der Waals surface area (Å²) < 4.78 is 0. The minimum atomic E-state index is -0.303. The quantitative estimate of drug-likeness (QED) is 0.457. The van der Waals surface area contributed by atoms with Crippen LogP contribution in [0.5, 0.6) is 0 Å². The van der Waals surface area contributed by atoms with Gasteiger partial charge in [0.25, 0.3) is 5.91 Å². The monoisotopic (exact) mass is 347 g/mol. The predicted molar refractivity (Wildman–Crippen MR) is 100 cm³/mol. The van der Waals surface area contributed by atoms with Crippen molar-refractivity contribution in [1.29, 1.82) is 0 Å². The van der Waals surface area contributed by atoms with Crippen LogP contribution in [0.2, 0.25) is 0 Å². The molecule has 130 valence electrons. The maximum atomic E-state index is 12.5. The van der Waals surface area contributed by atoms with Crippen LogP contribution in [0.4, 0.5) is 5.82 Å². The SMILES string of the molecule is Cc1cc(C)cc(-c2cc(NC(=O)c3ccc4[nH]c(=O)[nH]c4c3)n[nH]2)c1. The molecule has 7 nitrogen and oxygen atoms in total. The third-order valence-electron chi connectivity index (χ3n) is 4.13. The number of aromatic nitrogens is 4. The van der Waals surface area contributed by atoms with Crippen molar-refractivity contribution in [2.24, 2.45) is 0 Å². The van der Waals surface area contributed by atoms with E-state index >= 15 is 0 Å². The van der Waals surface area contributed by atoms with Crippen LogP contribution in [-0.2, 0) is 0 Å². The standard InChI is InChI=1S/C19H17N5O2/c1-10-5-11(2)7-13(6-10)15-9-17(24-23-15)22-18(25)12-3-4-14-16(8-12)21-19(26)20-14/h3-9H,1-2H3,(H2,20,21,26)(H2,22,23,24,25). The molecule has 26 heavy (non-hydrogen) atoms. The van der Waals surface area contributed by atoms with Crippen LogP contribution in [0, 0.1) is 13.8 Å². The number of fused-ring (bicyclic) bond motifs is 1. The van der Waals surface area contributed by atoms with E-state index in [4.69, 9.17) is 0 Å². The van der Waals surface area contributed by atoms with Gasteiger partial charge in [-0.05, 0) is 44.2 Å². The molecule has 0 saturated carbocycles. The van der Waals surface area contributed by atoms with Crippen molar-refractivity contribution < 1.29 is 4.79 Å². The van der Waals surface area contributed by atoms with E-state index < -0.39 is 0 Å². The summed E-state index contributed by atoms with van der Waals surface area (Å²) in [5.74, 6) is 0.138. The number of nitrogens with zero attached hydrogens (tertiary/aromatic N) is 1. The molecule has 2 heterocycles. The van der Waals surface area contributed by atoms with E-state index in [1.807, 2.05) is 13.8 Å². The molecule has 2 aromatic heterocycles. The lowest BCUT2D eigenvalue weighted by atomic mass is 10.1. The van der Waals surface area contributed by atoms with E-state index in [1.54, 1.807) is 24.3 Å². The molecule has 0 aliphatic rings. The second-order valence-corrected chi connectivity index (χ2v) is 6.34. The maximum absolute atomic E-state index is 12.5. The largest absolute Gasteiger partial charge is 0.323 e. The second-order valence-electron chi connectivity index (χ2n) is 6.34. The average Bonchev–Trinajstić information content (AvgIpc) is 3.18. The first-order valence-electron chi connectivity index (χ1n) is 8.15. The Balaban J connectivity index is 1.57. The van der Waals surface area contributed by atoms with Gasteiger partial charge in [-0.25, -0.2) is 4.79 Å². The number of hydrogen-bond donors (Lipinski definition) is 4. The summed E-state index contributed by atoms with van der Waals surface area (Å²) in [4.78, 5) is 29.1. The number of amides is 1. The molecule has 0 spiro atoms. The van der Waals surface area contributed by atoms with Crippen LogP contribution in [0.15, 0.2) is 47.3 Å². The molecule has 0 atom stereocenters. The van der Waals surface area contributed by atoms with Crippen molar-refractivity contribution in [2.45, 2.75) is 13.8 Å². The number of carbonyl (C=O) groups is 1. The number of carbonyl (C=O) groups excluding carboxylic acids is 1. The van der Waals surface area contributed by atoms with E-state index in [-0.39, 0.29) is 11.6 Å². The Bertz CT molecular complexity index is 1160. The fourth-order valence-corrected chi connectivity index (χ4v) is 3.03. The third-order valence-corrected chi connectivity index (χ3v) is 4.13. The van der Waals surface area contributed by atoms with Gasteiger partial charge in [-0.1, -0.05) is 17.2 Å². The van der Waals surface area contributed by atoms with E-state index in [9.17, 15) is 9.59 Å². The fraction of sp³-hybridized carbons (Fsp3) is 0.105. The van der Waals surface area contributed by atoms with Crippen molar-refractivity contribution in [3.05, 3.63) is 69.6 Å². The highest BCUT2D eigenvalue weighted by Gasteiger charge is 2.11. The second kappa shape index (κ2) is 6.03. The molecule has 0 bridgehead atoms. The molecule has 4 rings (SSSR count). The van der Waals surface area contributed by atoms with Crippen molar-refractivity contribution in [1.82, 2.24) is 20.2 Å². The molecule has 7 heteroatoms. The fourth-order valence-electron chi connectivity index (χ4n) is 3.03. The van der Waals surface area contributed by atoms with E-state index in [0.29, 0.717) is 22.4 Å². The van der Waals surface area contributed by atoms with Crippen molar-refractivity contribution in [2.75, 3.05) is 5.32 Å². The highest BCUT2D eigenvalue weighted by molar-refractivity contribution is 6.05. The van der Waals surface area contributed by atoms with Crippen molar-refractivity contribution in [3.8, 4) is 11.3 Å². The molecule has 4 N–H and O–H groups in total. The topological polar surface area (TPSA) is 106 Å². The number of nitrogens with one attached hydrogen (secondary N) is 4. The lowest BCUT2D eigenvalue weighted by Crippen LogP contribution is -2.12.